The minimum absolute atomic E-state index is 0.0699. The minimum atomic E-state index is -1.12. The number of benzene rings is 1. The van der Waals surface area contributed by atoms with Crippen molar-refractivity contribution in [1.82, 2.24) is 25.1 Å². The molecule has 2 N–H and O–H groups in total. The molecule has 5 rings (SSSR count). The molecule has 170 valence electrons. The van der Waals surface area contributed by atoms with Crippen molar-refractivity contribution in [2.45, 2.75) is 43.9 Å². The van der Waals surface area contributed by atoms with Crippen LogP contribution in [0.1, 0.15) is 57.5 Å². The van der Waals surface area contributed by atoms with Crippen molar-refractivity contribution in [1.29, 1.82) is 0 Å². The van der Waals surface area contributed by atoms with Crippen LogP contribution < -0.4 is 5.32 Å². The number of nitrogens with one attached hydrogen (secondary N) is 1. The standard InChI is InChI=1S/C23H23N5O5/c29-19-4-3-18(20(30)26-19)28-21(31)16-2-1-15(9-17(16)22(28)32)23(33)5-7-27(8-6-23)12-14-10-24-13-25-11-14/h1-2,9-11,13,18,33H,3-8,12H2,(H,26,29,30). The quantitative estimate of drug-likeness (QED) is 0.640. The van der Waals surface area contributed by atoms with Crippen LogP contribution in [-0.2, 0) is 21.7 Å². The summed E-state index contributed by atoms with van der Waals surface area (Å²) in [5, 5.41) is 13.5. The molecule has 2 fully saturated rings. The van der Waals surface area contributed by atoms with Crippen molar-refractivity contribution in [2.24, 2.45) is 0 Å². The summed E-state index contributed by atoms with van der Waals surface area (Å²) in [4.78, 5) is 60.8. The van der Waals surface area contributed by atoms with E-state index in [0.717, 1.165) is 10.5 Å². The highest BCUT2D eigenvalue weighted by Gasteiger charge is 2.45. The van der Waals surface area contributed by atoms with Gasteiger partial charge in [-0.05, 0) is 37.0 Å². The largest absolute Gasteiger partial charge is 0.385 e. The lowest BCUT2D eigenvalue weighted by Gasteiger charge is -2.38. The molecule has 33 heavy (non-hydrogen) atoms. The first-order valence-corrected chi connectivity index (χ1v) is 10.9. The zero-order chi connectivity index (χ0) is 23.2. The van der Waals surface area contributed by atoms with Crippen molar-refractivity contribution in [2.75, 3.05) is 13.1 Å². The van der Waals surface area contributed by atoms with Gasteiger partial charge in [-0.1, -0.05) is 6.07 Å². The van der Waals surface area contributed by atoms with Crippen LogP contribution in [0.25, 0.3) is 0 Å². The predicted octanol–water partition coefficient (Wildman–Crippen LogP) is 0.361. The van der Waals surface area contributed by atoms with Crippen LogP contribution in [0, 0.1) is 0 Å². The molecular weight excluding hydrogens is 426 g/mol. The Bertz CT molecular complexity index is 1140. The molecule has 0 spiro atoms. The zero-order valence-electron chi connectivity index (χ0n) is 17.9. The van der Waals surface area contributed by atoms with E-state index in [1.54, 1.807) is 30.6 Å². The molecule has 4 amide bonds. The van der Waals surface area contributed by atoms with Gasteiger partial charge in [0.25, 0.3) is 11.8 Å². The molecular formula is C23H23N5O5. The van der Waals surface area contributed by atoms with Crippen molar-refractivity contribution >= 4 is 23.6 Å². The van der Waals surface area contributed by atoms with Gasteiger partial charge < -0.3 is 5.11 Å². The highest BCUT2D eigenvalue weighted by atomic mass is 16.3. The second-order valence-corrected chi connectivity index (χ2v) is 8.76. The summed E-state index contributed by atoms with van der Waals surface area (Å²) in [6.45, 7) is 1.99. The third-order valence-electron chi connectivity index (χ3n) is 6.68. The Labute approximate surface area is 189 Å². The molecule has 3 aliphatic rings. The number of imide groups is 2. The molecule has 1 aromatic carbocycles. The first-order valence-electron chi connectivity index (χ1n) is 10.9. The molecule has 1 unspecified atom stereocenters. The second kappa shape index (κ2) is 8.13. The van der Waals surface area contributed by atoms with Crippen molar-refractivity contribution in [3.8, 4) is 0 Å². The van der Waals surface area contributed by atoms with Gasteiger partial charge in [0.2, 0.25) is 11.8 Å². The van der Waals surface area contributed by atoms with E-state index < -0.39 is 35.3 Å². The lowest BCUT2D eigenvalue weighted by Crippen LogP contribution is -2.54. The van der Waals surface area contributed by atoms with E-state index in [9.17, 15) is 24.3 Å². The summed E-state index contributed by atoms with van der Waals surface area (Å²) in [7, 11) is 0. The Morgan fingerprint density at radius 2 is 1.73 bits per heavy atom. The Balaban J connectivity index is 1.32. The van der Waals surface area contributed by atoms with Crippen LogP contribution in [-0.4, -0.2) is 67.6 Å². The van der Waals surface area contributed by atoms with Crippen molar-refractivity contribution in [3.05, 3.63) is 59.2 Å². The number of hydrogen-bond acceptors (Lipinski definition) is 8. The first kappa shape index (κ1) is 21.4. The maximum absolute atomic E-state index is 13.1. The number of likely N-dealkylation sites (tertiary alicyclic amines) is 1. The Morgan fingerprint density at radius 1 is 1.03 bits per heavy atom. The van der Waals surface area contributed by atoms with Gasteiger partial charge in [-0.15, -0.1) is 0 Å². The van der Waals surface area contributed by atoms with E-state index in [1.807, 2.05) is 0 Å². The number of carbonyl (C=O) groups is 4. The Hall–Kier alpha value is -3.50. The second-order valence-electron chi connectivity index (χ2n) is 8.76. The molecule has 1 aromatic heterocycles. The Kier molecular flexibility index (Phi) is 5.26. The smallest absolute Gasteiger partial charge is 0.262 e. The average molecular weight is 449 g/mol. The molecule has 1 atom stereocenters. The van der Waals surface area contributed by atoms with E-state index in [0.29, 0.717) is 38.0 Å². The lowest BCUT2D eigenvalue weighted by molar-refractivity contribution is -0.136. The van der Waals surface area contributed by atoms with Crippen LogP contribution >= 0.6 is 0 Å². The number of aliphatic hydroxyl groups is 1. The topological polar surface area (TPSA) is 133 Å². The molecule has 10 nitrogen and oxygen atoms in total. The lowest BCUT2D eigenvalue weighted by atomic mass is 9.83. The summed E-state index contributed by atoms with van der Waals surface area (Å²) < 4.78 is 0. The number of aromatic nitrogens is 2. The molecule has 0 radical (unpaired) electrons. The van der Waals surface area contributed by atoms with Crippen LogP contribution in [0.15, 0.2) is 36.9 Å². The summed E-state index contributed by atoms with van der Waals surface area (Å²) in [6, 6.07) is 3.79. The van der Waals surface area contributed by atoms with E-state index in [2.05, 4.69) is 20.2 Å². The van der Waals surface area contributed by atoms with E-state index >= 15 is 0 Å². The fourth-order valence-corrected chi connectivity index (χ4v) is 4.80. The molecule has 10 heteroatoms. The number of carbonyl (C=O) groups excluding carboxylic acids is 4. The molecule has 2 saturated heterocycles. The number of amides is 4. The number of rotatable bonds is 4. The van der Waals surface area contributed by atoms with Gasteiger partial charge in [0.15, 0.2) is 0 Å². The van der Waals surface area contributed by atoms with Crippen molar-refractivity contribution in [3.63, 3.8) is 0 Å². The molecule has 3 aliphatic heterocycles. The van der Waals surface area contributed by atoms with E-state index in [-0.39, 0.29) is 24.0 Å². The third kappa shape index (κ3) is 3.81. The van der Waals surface area contributed by atoms with Crippen LogP contribution in [0.5, 0.6) is 0 Å². The van der Waals surface area contributed by atoms with E-state index in [4.69, 9.17) is 0 Å². The van der Waals surface area contributed by atoms with Crippen molar-refractivity contribution < 1.29 is 24.3 Å². The predicted molar refractivity (Wildman–Crippen MR) is 114 cm³/mol. The summed E-state index contributed by atoms with van der Waals surface area (Å²) >= 11 is 0. The minimum Gasteiger partial charge on any atom is -0.385 e. The van der Waals surface area contributed by atoms with Gasteiger partial charge in [0, 0.05) is 44.0 Å². The summed E-state index contributed by atoms with van der Waals surface area (Å²) in [6.07, 6.45) is 6.14. The maximum atomic E-state index is 13.1. The maximum Gasteiger partial charge on any atom is 0.262 e. The van der Waals surface area contributed by atoms with Gasteiger partial charge in [0.1, 0.15) is 12.4 Å². The highest BCUT2D eigenvalue weighted by Crippen LogP contribution is 2.36. The molecule has 0 bridgehead atoms. The van der Waals surface area contributed by atoms with Gasteiger partial charge in [-0.3, -0.25) is 34.3 Å². The SMILES string of the molecule is O=C1CCC(N2C(=O)c3ccc(C4(O)CCN(Cc5cncnc5)CC4)cc3C2=O)C(=O)N1. The van der Waals surface area contributed by atoms with Gasteiger partial charge >= 0.3 is 0 Å². The zero-order valence-corrected chi connectivity index (χ0v) is 17.9. The fourth-order valence-electron chi connectivity index (χ4n) is 4.80. The monoisotopic (exact) mass is 449 g/mol. The van der Waals surface area contributed by atoms with Gasteiger partial charge in [0.05, 0.1) is 16.7 Å². The molecule has 4 heterocycles. The number of fused-ring (bicyclic) bond motifs is 1. The molecule has 0 aliphatic carbocycles. The average Bonchev–Trinajstić information content (AvgIpc) is 3.06. The third-order valence-corrected chi connectivity index (χ3v) is 6.68. The number of nitrogens with zero attached hydrogens (tertiary/aromatic N) is 4. The normalized spacial score (nSPS) is 22.9. The highest BCUT2D eigenvalue weighted by molar-refractivity contribution is 6.23. The Morgan fingerprint density at radius 3 is 2.42 bits per heavy atom. The van der Waals surface area contributed by atoms with Gasteiger partial charge in [-0.2, -0.15) is 0 Å². The van der Waals surface area contributed by atoms with Gasteiger partial charge in [-0.25, -0.2) is 9.97 Å². The molecule has 0 saturated carbocycles. The summed E-state index contributed by atoms with van der Waals surface area (Å²) in [5.74, 6) is -2.18. The summed E-state index contributed by atoms with van der Waals surface area (Å²) in [5.41, 5.74) is 0.843. The van der Waals surface area contributed by atoms with E-state index in [1.165, 1.54) is 6.33 Å². The van der Waals surface area contributed by atoms with Crippen LogP contribution in [0.3, 0.4) is 0 Å². The number of hydrogen-bond donors (Lipinski definition) is 2. The van der Waals surface area contributed by atoms with Crippen LogP contribution in [0.2, 0.25) is 0 Å². The first-order chi connectivity index (χ1) is 15.9. The van der Waals surface area contributed by atoms with Crippen LogP contribution in [0.4, 0.5) is 0 Å². The fraction of sp³-hybridized carbons (Fsp3) is 0.391. The molecule has 2 aromatic rings. The number of piperidine rings is 2.